The summed E-state index contributed by atoms with van der Waals surface area (Å²) in [6, 6.07) is 0. The highest BCUT2D eigenvalue weighted by Crippen LogP contribution is 2.36. The molecule has 0 aromatic heterocycles. The minimum Gasteiger partial charge on any atom is -0.300 e. The summed E-state index contributed by atoms with van der Waals surface area (Å²) in [5.41, 5.74) is 2.74. The highest BCUT2D eigenvalue weighted by molar-refractivity contribution is 6.10. The minimum absolute atomic E-state index is 0.133. The molecule has 0 spiro atoms. The molecule has 13 heavy (non-hydrogen) atoms. The second-order valence-corrected chi connectivity index (χ2v) is 4.07. The van der Waals surface area contributed by atoms with E-state index in [1.165, 1.54) is 5.57 Å². The predicted octanol–water partition coefficient (Wildman–Crippen LogP) is 3.49. The molecule has 1 nitrogen and oxygen atoms in total. The quantitative estimate of drug-likeness (QED) is 0.664. The molecule has 70 valence electrons. The maximum atomic E-state index is 7.65. The summed E-state index contributed by atoms with van der Waals surface area (Å²) in [5, 5.41) is 7.65. The van der Waals surface area contributed by atoms with E-state index in [1.54, 1.807) is 6.08 Å². The van der Waals surface area contributed by atoms with Crippen molar-refractivity contribution in [2.75, 3.05) is 0 Å². The molecule has 1 N–H and O–H groups in total. The Morgan fingerprint density at radius 2 is 2.08 bits per heavy atom. The fourth-order valence-electron chi connectivity index (χ4n) is 1.41. The SMILES string of the molecule is C=C1C(=N)C=CC=C1C(C)(C)CC. The average Bonchev–Trinajstić information content (AvgIpc) is 2.09. The summed E-state index contributed by atoms with van der Waals surface area (Å²) < 4.78 is 0. The van der Waals surface area contributed by atoms with Crippen LogP contribution >= 0.6 is 0 Å². The van der Waals surface area contributed by atoms with E-state index in [1.807, 2.05) is 6.08 Å². The molecule has 1 heteroatoms. The lowest BCUT2D eigenvalue weighted by molar-refractivity contribution is 0.437. The van der Waals surface area contributed by atoms with Crippen molar-refractivity contribution in [3.8, 4) is 0 Å². The highest BCUT2D eigenvalue weighted by atomic mass is 14.4. The van der Waals surface area contributed by atoms with Gasteiger partial charge in [-0.1, -0.05) is 39.5 Å². The molecule has 0 amide bonds. The van der Waals surface area contributed by atoms with Gasteiger partial charge in [-0.3, -0.25) is 0 Å². The van der Waals surface area contributed by atoms with Crippen LogP contribution < -0.4 is 0 Å². The van der Waals surface area contributed by atoms with Crippen molar-refractivity contribution >= 4 is 5.71 Å². The Bertz CT molecular complexity index is 303. The van der Waals surface area contributed by atoms with Crippen LogP contribution in [0, 0.1) is 10.8 Å². The molecule has 0 heterocycles. The molecule has 0 aliphatic heterocycles. The Morgan fingerprint density at radius 3 is 2.62 bits per heavy atom. The number of nitrogens with one attached hydrogen (secondary N) is 1. The number of hydrogen-bond donors (Lipinski definition) is 1. The maximum absolute atomic E-state index is 7.65. The fraction of sp³-hybridized carbons (Fsp3) is 0.417. The van der Waals surface area contributed by atoms with E-state index >= 15 is 0 Å². The fourth-order valence-corrected chi connectivity index (χ4v) is 1.41. The molecule has 0 unspecified atom stereocenters. The summed E-state index contributed by atoms with van der Waals surface area (Å²) >= 11 is 0. The lowest BCUT2D eigenvalue weighted by atomic mass is 9.75. The molecular weight excluding hydrogens is 158 g/mol. The van der Waals surface area contributed by atoms with Crippen LogP contribution in [0.1, 0.15) is 27.2 Å². The van der Waals surface area contributed by atoms with Crippen LogP contribution in [0.4, 0.5) is 0 Å². The van der Waals surface area contributed by atoms with Gasteiger partial charge in [0.05, 0.1) is 5.71 Å². The molecule has 1 aliphatic rings. The molecule has 0 bridgehead atoms. The summed E-state index contributed by atoms with van der Waals surface area (Å²) in [6.07, 6.45) is 6.87. The lowest BCUT2D eigenvalue weighted by Gasteiger charge is -2.29. The Morgan fingerprint density at radius 1 is 1.46 bits per heavy atom. The molecular formula is C12H17N. The topological polar surface area (TPSA) is 23.9 Å². The third-order valence-electron chi connectivity index (χ3n) is 2.79. The largest absolute Gasteiger partial charge is 0.300 e. The van der Waals surface area contributed by atoms with Gasteiger partial charge < -0.3 is 5.41 Å². The molecule has 0 saturated heterocycles. The van der Waals surface area contributed by atoms with Crippen LogP contribution in [0.25, 0.3) is 0 Å². The molecule has 0 atom stereocenters. The number of rotatable bonds is 2. The van der Waals surface area contributed by atoms with Gasteiger partial charge >= 0.3 is 0 Å². The smallest absolute Gasteiger partial charge is 0.0609 e. The highest BCUT2D eigenvalue weighted by Gasteiger charge is 2.24. The van der Waals surface area contributed by atoms with Gasteiger partial charge in [0.1, 0.15) is 0 Å². The first kappa shape index (κ1) is 9.97. The van der Waals surface area contributed by atoms with E-state index in [2.05, 4.69) is 33.4 Å². The van der Waals surface area contributed by atoms with Crippen molar-refractivity contribution in [1.82, 2.24) is 0 Å². The Labute approximate surface area is 80.4 Å². The maximum Gasteiger partial charge on any atom is 0.0609 e. The van der Waals surface area contributed by atoms with Gasteiger partial charge in [0.15, 0.2) is 0 Å². The van der Waals surface area contributed by atoms with Crippen LogP contribution in [0.3, 0.4) is 0 Å². The zero-order chi connectivity index (χ0) is 10.1. The lowest BCUT2D eigenvalue weighted by Crippen LogP contribution is -2.19. The third-order valence-corrected chi connectivity index (χ3v) is 2.79. The zero-order valence-electron chi connectivity index (χ0n) is 8.65. The molecule has 0 fully saturated rings. The second-order valence-electron chi connectivity index (χ2n) is 4.07. The number of allylic oxidation sites excluding steroid dienone is 5. The van der Waals surface area contributed by atoms with Crippen LogP contribution in [0.15, 0.2) is 36.0 Å². The molecule has 0 aromatic carbocycles. The van der Waals surface area contributed by atoms with E-state index in [4.69, 9.17) is 5.41 Å². The van der Waals surface area contributed by atoms with Gasteiger partial charge in [0, 0.05) is 0 Å². The molecule has 0 saturated carbocycles. The molecule has 0 radical (unpaired) electrons. The normalized spacial score (nSPS) is 17.6. The Kier molecular flexibility index (Phi) is 2.55. The summed E-state index contributed by atoms with van der Waals surface area (Å²) in [5.74, 6) is 0. The van der Waals surface area contributed by atoms with E-state index in [-0.39, 0.29) is 5.41 Å². The first-order chi connectivity index (χ1) is 5.99. The van der Waals surface area contributed by atoms with Crippen LogP contribution in [0.2, 0.25) is 0 Å². The minimum atomic E-state index is 0.133. The van der Waals surface area contributed by atoms with Crippen LogP contribution in [0.5, 0.6) is 0 Å². The third kappa shape index (κ3) is 1.80. The van der Waals surface area contributed by atoms with Gasteiger partial charge in [0.25, 0.3) is 0 Å². The predicted molar refractivity (Wildman–Crippen MR) is 58.2 cm³/mol. The van der Waals surface area contributed by atoms with Crippen molar-refractivity contribution in [3.63, 3.8) is 0 Å². The van der Waals surface area contributed by atoms with Crippen molar-refractivity contribution in [2.24, 2.45) is 5.41 Å². The Hall–Kier alpha value is -1.11. The molecule has 1 rings (SSSR count). The van der Waals surface area contributed by atoms with Gasteiger partial charge in [-0.05, 0) is 29.1 Å². The van der Waals surface area contributed by atoms with Crippen LogP contribution in [-0.2, 0) is 0 Å². The first-order valence-corrected chi connectivity index (χ1v) is 4.66. The second kappa shape index (κ2) is 3.33. The van der Waals surface area contributed by atoms with Crippen molar-refractivity contribution in [1.29, 1.82) is 5.41 Å². The van der Waals surface area contributed by atoms with Gasteiger partial charge in [-0.2, -0.15) is 0 Å². The standard InChI is InChI=1S/C12H17N/c1-5-12(3,4)10-7-6-8-11(13)9(10)2/h6-8,13H,2,5H2,1,3-4H3. The van der Waals surface area contributed by atoms with Crippen molar-refractivity contribution < 1.29 is 0 Å². The Balaban J connectivity index is 3.05. The van der Waals surface area contributed by atoms with Crippen molar-refractivity contribution in [2.45, 2.75) is 27.2 Å². The summed E-state index contributed by atoms with van der Waals surface area (Å²) in [6.45, 7) is 10.5. The van der Waals surface area contributed by atoms with Crippen molar-refractivity contribution in [3.05, 3.63) is 36.0 Å². The van der Waals surface area contributed by atoms with E-state index < -0.39 is 0 Å². The zero-order valence-corrected chi connectivity index (χ0v) is 8.65. The molecule has 1 aliphatic carbocycles. The van der Waals surface area contributed by atoms with Crippen LogP contribution in [-0.4, -0.2) is 5.71 Å². The van der Waals surface area contributed by atoms with Gasteiger partial charge in [-0.25, -0.2) is 0 Å². The first-order valence-electron chi connectivity index (χ1n) is 4.66. The summed E-state index contributed by atoms with van der Waals surface area (Å²) in [4.78, 5) is 0. The monoisotopic (exact) mass is 175 g/mol. The summed E-state index contributed by atoms with van der Waals surface area (Å²) in [7, 11) is 0. The molecule has 0 aromatic rings. The van der Waals surface area contributed by atoms with E-state index in [0.29, 0.717) is 5.71 Å². The number of hydrogen-bond acceptors (Lipinski definition) is 1. The van der Waals surface area contributed by atoms with E-state index in [0.717, 1.165) is 12.0 Å². The van der Waals surface area contributed by atoms with E-state index in [9.17, 15) is 0 Å². The van der Waals surface area contributed by atoms with Gasteiger partial charge in [-0.15, -0.1) is 0 Å². The van der Waals surface area contributed by atoms with Gasteiger partial charge in [0.2, 0.25) is 0 Å². The average molecular weight is 175 g/mol.